The van der Waals surface area contributed by atoms with Gasteiger partial charge in [0.25, 0.3) is 5.91 Å². The summed E-state index contributed by atoms with van der Waals surface area (Å²) in [5.74, 6) is -0.687. The van der Waals surface area contributed by atoms with Crippen LogP contribution in [0.3, 0.4) is 0 Å². The van der Waals surface area contributed by atoms with Gasteiger partial charge in [-0.05, 0) is 36.2 Å². The molecule has 1 aliphatic heterocycles. The number of carbonyl (C=O) groups is 2. The summed E-state index contributed by atoms with van der Waals surface area (Å²) in [7, 11) is 0. The Morgan fingerprint density at radius 3 is 2.77 bits per heavy atom. The van der Waals surface area contributed by atoms with Gasteiger partial charge in [-0.25, -0.2) is 4.79 Å². The standard InChI is InChI=1S/C17H15NO4/c1-11-4-2-3-5-13(11)9-18-14-8-12(17(20)21)6-7-15(14)22-10-16(18)19/h2-8H,9-10H2,1H3,(H,20,21). The number of rotatable bonds is 3. The van der Waals surface area contributed by atoms with Gasteiger partial charge in [0.05, 0.1) is 17.8 Å². The number of aryl methyl sites for hydroxylation is 1. The Morgan fingerprint density at radius 1 is 1.27 bits per heavy atom. The molecule has 0 bridgehead atoms. The largest absolute Gasteiger partial charge is 0.482 e. The molecule has 112 valence electrons. The number of ether oxygens (including phenoxy) is 1. The lowest BCUT2D eigenvalue weighted by atomic mass is 10.1. The monoisotopic (exact) mass is 297 g/mol. The van der Waals surface area contributed by atoms with E-state index in [0.29, 0.717) is 18.0 Å². The number of fused-ring (bicyclic) bond motifs is 1. The molecule has 2 aromatic rings. The van der Waals surface area contributed by atoms with Crippen LogP contribution in [0.1, 0.15) is 21.5 Å². The van der Waals surface area contributed by atoms with E-state index >= 15 is 0 Å². The first-order valence-corrected chi connectivity index (χ1v) is 6.91. The lowest BCUT2D eigenvalue weighted by Gasteiger charge is -2.30. The Bertz CT molecular complexity index is 754. The summed E-state index contributed by atoms with van der Waals surface area (Å²) in [6.07, 6.45) is 0. The van der Waals surface area contributed by atoms with Crippen molar-refractivity contribution in [3.05, 3.63) is 59.2 Å². The number of carbonyl (C=O) groups excluding carboxylic acids is 1. The third kappa shape index (κ3) is 2.53. The molecule has 0 saturated carbocycles. The maximum atomic E-state index is 12.2. The first kappa shape index (κ1) is 14.1. The molecular weight excluding hydrogens is 282 g/mol. The van der Waals surface area contributed by atoms with Gasteiger partial charge in [0.1, 0.15) is 5.75 Å². The lowest BCUT2D eigenvalue weighted by molar-refractivity contribution is -0.121. The summed E-state index contributed by atoms with van der Waals surface area (Å²) in [5, 5.41) is 9.13. The second-order valence-corrected chi connectivity index (χ2v) is 5.18. The highest BCUT2D eigenvalue weighted by atomic mass is 16.5. The molecule has 5 nitrogen and oxygen atoms in total. The predicted molar refractivity (Wildman–Crippen MR) is 81.3 cm³/mol. The average molecular weight is 297 g/mol. The molecule has 1 N–H and O–H groups in total. The van der Waals surface area contributed by atoms with E-state index in [2.05, 4.69) is 0 Å². The predicted octanol–water partition coefficient (Wildman–Crippen LogP) is 2.62. The number of amides is 1. The highest BCUT2D eigenvalue weighted by molar-refractivity contribution is 5.99. The summed E-state index contributed by atoms with van der Waals surface area (Å²) in [4.78, 5) is 24.9. The van der Waals surface area contributed by atoms with Crippen LogP contribution < -0.4 is 9.64 Å². The number of benzene rings is 2. The number of nitrogens with zero attached hydrogens (tertiary/aromatic N) is 1. The molecule has 22 heavy (non-hydrogen) atoms. The van der Waals surface area contributed by atoms with Crippen LogP contribution in [0.25, 0.3) is 0 Å². The van der Waals surface area contributed by atoms with E-state index in [1.807, 2.05) is 31.2 Å². The maximum absolute atomic E-state index is 12.2. The van der Waals surface area contributed by atoms with Crippen molar-refractivity contribution in [3.8, 4) is 5.75 Å². The van der Waals surface area contributed by atoms with E-state index in [0.717, 1.165) is 11.1 Å². The second kappa shape index (κ2) is 5.52. The second-order valence-electron chi connectivity index (χ2n) is 5.18. The van der Waals surface area contributed by atoms with Gasteiger partial charge in [0.15, 0.2) is 6.61 Å². The number of anilines is 1. The molecule has 0 radical (unpaired) electrons. The van der Waals surface area contributed by atoms with Crippen LogP contribution in [0.5, 0.6) is 5.75 Å². The fourth-order valence-electron chi connectivity index (χ4n) is 2.47. The molecule has 0 atom stereocenters. The van der Waals surface area contributed by atoms with Gasteiger partial charge in [-0.15, -0.1) is 0 Å². The molecule has 1 aliphatic rings. The van der Waals surface area contributed by atoms with Gasteiger partial charge in [-0.2, -0.15) is 0 Å². The van der Waals surface area contributed by atoms with Gasteiger partial charge in [-0.1, -0.05) is 24.3 Å². The minimum atomic E-state index is -1.03. The number of carboxylic acid groups (broad SMARTS) is 1. The van der Waals surface area contributed by atoms with E-state index in [-0.39, 0.29) is 18.1 Å². The van der Waals surface area contributed by atoms with E-state index in [9.17, 15) is 9.59 Å². The molecule has 1 amide bonds. The van der Waals surface area contributed by atoms with E-state index in [4.69, 9.17) is 9.84 Å². The molecule has 5 heteroatoms. The Hall–Kier alpha value is -2.82. The van der Waals surface area contributed by atoms with Crippen molar-refractivity contribution >= 4 is 17.6 Å². The van der Waals surface area contributed by atoms with Crippen molar-refractivity contribution in [1.29, 1.82) is 0 Å². The zero-order chi connectivity index (χ0) is 15.7. The maximum Gasteiger partial charge on any atom is 0.335 e. The highest BCUT2D eigenvalue weighted by Crippen LogP contribution is 2.34. The normalized spacial score (nSPS) is 13.5. The van der Waals surface area contributed by atoms with Gasteiger partial charge in [-0.3, -0.25) is 4.79 Å². The van der Waals surface area contributed by atoms with E-state index in [1.165, 1.54) is 12.1 Å². The molecule has 0 aliphatic carbocycles. The Kier molecular flexibility index (Phi) is 3.55. The molecular formula is C17H15NO4. The van der Waals surface area contributed by atoms with Crippen LogP contribution in [0, 0.1) is 6.92 Å². The number of carboxylic acids is 1. The van der Waals surface area contributed by atoms with Gasteiger partial charge in [0.2, 0.25) is 0 Å². The van der Waals surface area contributed by atoms with E-state index < -0.39 is 5.97 Å². The molecule has 0 spiro atoms. The number of aromatic carboxylic acids is 1. The lowest BCUT2D eigenvalue weighted by Crippen LogP contribution is -2.38. The third-order valence-corrected chi connectivity index (χ3v) is 3.74. The molecule has 1 heterocycles. The Balaban J connectivity index is 2.01. The fraction of sp³-hybridized carbons (Fsp3) is 0.176. The van der Waals surface area contributed by atoms with E-state index in [1.54, 1.807) is 11.0 Å². The van der Waals surface area contributed by atoms with Crippen LogP contribution in [-0.2, 0) is 11.3 Å². The van der Waals surface area contributed by atoms with Crippen molar-refractivity contribution < 1.29 is 19.4 Å². The zero-order valence-corrected chi connectivity index (χ0v) is 12.1. The Labute approximate surface area is 127 Å². The SMILES string of the molecule is Cc1ccccc1CN1C(=O)COc2ccc(C(=O)O)cc21. The quantitative estimate of drug-likeness (QED) is 0.945. The van der Waals surface area contributed by atoms with Crippen molar-refractivity contribution in [2.45, 2.75) is 13.5 Å². The Morgan fingerprint density at radius 2 is 2.05 bits per heavy atom. The summed E-state index contributed by atoms with van der Waals surface area (Å²) in [6.45, 7) is 2.34. The zero-order valence-electron chi connectivity index (χ0n) is 12.1. The van der Waals surface area contributed by atoms with Crippen LogP contribution in [0.2, 0.25) is 0 Å². The molecule has 2 aromatic carbocycles. The van der Waals surface area contributed by atoms with Crippen molar-refractivity contribution in [3.63, 3.8) is 0 Å². The molecule has 0 aromatic heterocycles. The van der Waals surface area contributed by atoms with Gasteiger partial charge < -0.3 is 14.7 Å². The first-order valence-electron chi connectivity index (χ1n) is 6.91. The van der Waals surface area contributed by atoms with Crippen LogP contribution in [-0.4, -0.2) is 23.6 Å². The first-order chi connectivity index (χ1) is 10.6. The summed E-state index contributed by atoms with van der Waals surface area (Å²) < 4.78 is 5.38. The molecule has 3 rings (SSSR count). The number of hydrogen-bond acceptors (Lipinski definition) is 3. The minimum Gasteiger partial charge on any atom is -0.482 e. The summed E-state index contributed by atoms with van der Waals surface area (Å²) in [5.41, 5.74) is 2.73. The molecule has 0 saturated heterocycles. The minimum absolute atomic E-state index is 0.0364. The highest BCUT2D eigenvalue weighted by Gasteiger charge is 2.27. The van der Waals surface area contributed by atoms with Crippen LogP contribution in [0.15, 0.2) is 42.5 Å². The number of hydrogen-bond donors (Lipinski definition) is 1. The summed E-state index contributed by atoms with van der Waals surface area (Å²) in [6, 6.07) is 12.3. The third-order valence-electron chi connectivity index (χ3n) is 3.74. The molecule has 0 unspecified atom stereocenters. The van der Waals surface area contributed by atoms with Gasteiger partial charge in [0, 0.05) is 0 Å². The van der Waals surface area contributed by atoms with Gasteiger partial charge >= 0.3 is 5.97 Å². The van der Waals surface area contributed by atoms with Crippen LogP contribution >= 0.6 is 0 Å². The average Bonchev–Trinajstić information content (AvgIpc) is 2.51. The van der Waals surface area contributed by atoms with Crippen molar-refractivity contribution in [1.82, 2.24) is 0 Å². The smallest absolute Gasteiger partial charge is 0.335 e. The molecule has 0 fully saturated rings. The fourth-order valence-corrected chi connectivity index (χ4v) is 2.47. The van der Waals surface area contributed by atoms with Crippen molar-refractivity contribution in [2.75, 3.05) is 11.5 Å². The topological polar surface area (TPSA) is 66.8 Å². The summed E-state index contributed by atoms with van der Waals surface area (Å²) >= 11 is 0. The van der Waals surface area contributed by atoms with Crippen LogP contribution in [0.4, 0.5) is 5.69 Å². The van der Waals surface area contributed by atoms with Crippen molar-refractivity contribution in [2.24, 2.45) is 0 Å².